The Bertz CT molecular complexity index is 125. The topological polar surface area (TPSA) is 37.3 Å². The van der Waals surface area contributed by atoms with Gasteiger partial charge in [-0.2, -0.15) is 0 Å². The first-order chi connectivity index (χ1) is 4.18. The van der Waals surface area contributed by atoms with Gasteiger partial charge in [0.2, 0.25) is 0 Å². The van der Waals surface area contributed by atoms with Gasteiger partial charge in [0, 0.05) is 5.57 Å². The van der Waals surface area contributed by atoms with E-state index in [0.29, 0.717) is 5.57 Å². The zero-order valence-electron chi connectivity index (χ0n) is 5.85. The highest BCUT2D eigenvalue weighted by Gasteiger charge is 1.95. The highest BCUT2D eigenvalue weighted by molar-refractivity contribution is 5.85. The van der Waals surface area contributed by atoms with Crippen molar-refractivity contribution in [2.24, 2.45) is 0 Å². The van der Waals surface area contributed by atoms with E-state index in [4.69, 9.17) is 5.11 Å². The van der Waals surface area contributed by atoms with Crippen molar-refractivity contribution in [1.82, 2.24) is 0 Å². The molecule has 0 heterocycles. The third-order valence-corrected chi connectivity index (χ3v) is 1.08. The fourth-order valence-corrected chi connectivity index (χ4v) is 0.448. The molecule has 0 saturated heterocycles. The molecule has 0 unspecified atom stereocenters. The second kappa shape index (κ2) is 4.13. The highest BCUT2D eigenvalue weighted by atomic mass is 16.4. The van der Waals surface area contributed by atoms with Crippen LogP contribution in [0.15, 0.2) is 11.6 Å². The molecule has 0 aliphatic carbocycles. The summed E-state index contributed by atoms with van der Waals surface area (Å²) in [5.74, 6) is -0.816. The van der Waals surface area contributed by atoms with E-state index in [1.807, 2.05) is 6.92 Å². The Kier molecular flexibility index (Phi) is 3.76. The SMILES string of the molecule is CCCC=C(C)C(=O)O. The Morgan fingerprint density at radius 2 is 2.22 bits per heavy atom. The van der Waals surface area contributed by atoms with Gasteiger partial charge in [-0.15, -0.1) is 0 Å². The van der Waals surface area contributed by atoms with Crippen molar-refractivity contribution < 1.29 is 9.90 Å². The lowest BCUT2D eigenvalue weighted by Crippen LogP contribution is -1.95. The second-order valence-electron chi connectivity index (χ2n) is 1.98. The van der Waals surface area contributed by atoms with Crippen molar-refractivity contribution in [1.29, 1.82) is 0 Å². The van der Waals surface area contributed by atoms with E-state index in [0.717, 1.165) is 12.8 Å². The maximum atomic E-state index is 10.1. The van der Waals surface area contributed by atoms with Crippen molar-refractivity contribution in [3.63, 3.8) is 0 Å². The van der Waals surface area contributed by atoms with Crippen LogP contribution < -0.4 is 0 Å². The first-order valence-corrected chi connectivity index (χ1v) is 3.08. The van der Waals surface area contributed by atoms with Crippen molar-refractivity contribution in [3.05, 3.63) is 11.6 Å². The molecule has 0 aromatic carbocycles. The Labute approximate surface area is 55.2 Å². The van der Waals surface area contributed by atoms with Crippen molar-refractivity contribution >= 4 is 5.97 Å². The minimum Gasteiger partial charge on any atom is -0.478 e. The monoisotopic (exact) mass is 128 g/mol. The number of rotatable bonds is 3. The van der Waals surface area contributed by atoms with Gasteiger partial charge >= 0.3 is 5.97 Å². The molecule has 0 saturated carbocycles. The normalized spacial score (nSPS) is 11.6. The van der Waals surface area contributed by atoms with E-state index in [1.54, 1.807) is 13.0 Å². The van der Waals surface area contributed by atoms with Crippen LogP contribution in [0.5, 0.6) is 0 Å². The molecular weight excluding hydrogens is 116 g/mol. The van der Waals surface area contributed by atoms with Crippen LogP contribution in [0.3, 0.4) is 0 Å². The molecule has 1 N–H and O–H groups in total. The van der Waals surface area contributed by atoms with E-state index in [9.17, 15) is 4.79 Å². The summed E-state index contributed by atoms with van der Waals surface area (Å²) in [6.45, 7) is 3.63. The second-order valence-corrected chi connectivity index (χ2v) is 1.98. The van der Waals surface area contributed by atoms with Crippen LogP contribution in [-0.4, -0.2) is 11.1 Å². The Hall–Kier alpha value is -0.790. The van der Waals surface area contributed by atoms with E-state index in [2.05, 4.69) is 0 Å². The molecule has 0 aliphatic heterocycles. The fourth-order valence-electron chi connectivity index (χ4n) is 0.448. The van der Waals surface area contributed by atoms with Crippen LogP contribution in [0.25, 0.3) is 0 Å². The van der Waals surface area contributed by atoms with Crippen LogP contribution in [0.4, 0.5) is 0 Å². The zero-order chi connectivity index (χ0) is 7.28. The maximum Gasteiger partial charge on any atom is 0.330 e. The van der Waals surface area contributed by atoms with Gasteiger partial charge in [-0.05, 0) is 13.3 Å². The summed E-state index contributed by atoms with van der Waals surface area (Å²) in [6.07, 6.45) is 3.60. The molecule has 2 heteroatoms. The summed E-state index contributed by atoms with van der Waals surface area (Å²) >= 11 is 0. The predicted octanol–water partition coefficient (Wildman–Crippen LogP) is 1.82. The first kappa shape index (κ1) is 8.21. The molecule has 9 heavy (non-hydrogen) atoms. The van der Waals surface area contributed by atoms with Gasteiger partial charge in [0.1, 0.15) is 0 Å². The average Bonchev–Trinajstić information content (AvgIpc) is 1.82. The Balaban J connectivity index is 3.69. The van der Waals surface area contributed by atoms with E-state index in [1.165, 1.54) is 0 Å². The first-order valence-electron chi connectivity index (χ1n) is 3.08. The smallest absolute Gasteiger partial charge is 0.330 e. The summed E-state index contributed by atoms with van der Waals surface area (Å²) in [4.78, 5) is 10.1. The standard InChI is InChI=1S/C7H12O2/c1-3-4-5-6(2)7(8)9/h5H,3-4H2,1-2H3,(H,8,9). The van der Waals surface area contributed by atoms with Gasteiger partial charge < -0.3 is 5.11 Å². The molecule has 0 bridgehead atoms. The summed E-state index contributed by atoms with van der Waals surface area (Å²) in [7, 11) is 0. The minimum absolute atomic E-state index is 0.442. The summed E-state index contributed by atoms with van der Waals surface area (Å²) in [5, 5.41) is 8.34. The Morgan fingerprint density at radius 1 is 1.67 bits per heavy atom. The minimum atomic E-state index is -0.816. The molecule has 0 aliphatic rings. The quantitative estimate of drug-likeness (QED) is 0.588. The van der Waals surface area contributed by atoms with E-state index in [-0.39, 0.29) is 0 Å². The third kappa shape index (κ3) is 3.76. The molecule has 0 spiro atoms. The van der Waals surface area contributed by atoms with Crippen molar-refractivity contribution in [2.45, 2.75) is 26.7 Å². The summed E-state index contributed by atoms with van der Waals surface area (Å²) in [5.41, 5.74) is 0.442. The molecule has 2 nitrogen and oxygen atoms in total. The predicted molar refractivity (Wildman–Crippen MR) is 36.3 cm³/mol. The van der Waals surface area contributed by atoms with Crippen LogP contribution in [-0.2, 0) is 4.79 Å². The maximum absolute atomic E-state index is 10.1. The van der Waals surface area contributed by atoms with Gasteiger partial charge in [-0.3, -0.25) is 0 Å². The number of hydrogen-bond donors (Lipinski definition) is 1. The number of hydrogen-bond acceptors (Lipinski definition) is 1. The molecule has 0 amide bonds. The lowest BCUT2D eigenvalue weighted by Gasteiger charge is -1.89. The van der Waals surface area contributed by atoms with E-state index >= 15 is 0 Å². The number of carbonyl (C=O) groups is 1. The van der Waals surface area contributed by atoms with Gasteiger partial charge in [-0.25, -0.2) is 4.79 Å². The lowest BCUT2D eigenvalue weighted by atomic mass is 10.2. The lowest BCUT2D eigenvalue weighted by molar-refractivity contribution is -0.132. The number of carboxylic acid groups (broad SMARTS) is 1. The summed E-state index contributed by atoms with van der Waals surface area (Å²) in [6, 6.07) is 0. The molecule has 0 rings (SSSR count). The number of allylic oxidation sites excluding steroid dienone is 1. The molecule has 0 fully saturated rings. The third-order valence-electron chi connectivity index (χ3n) is 1.08. The number of carboxylic acids is 1. The van der Waals surface area contributed by atoms with Crippen molar-refractivity contribution in [3.8, 4) is 0 Å². The molecule has 0 aromatic heterocycles. The number of unbranched alkanes of at least 4 members (excludes halogenated alkanes) is 1. The zero-order valence-corrected chi connectivity index (χ0v) is 5.85. The molecule has 52 valence electrons. The van der Waals surface area contributed by atoms with Crippen LogP contribution >= 0.6 is 0 Å². The van der Waals surface area contributed by atoms with Gasteiger partial charge in [0.15, 0.2) is 0 Å². The van der Waals surface area contributed by atoms with Crippen LogP contribution in [0.1, 0.15) is 26.7 Å². The van der Waals surface area contributed by atoms with Crippen LogP contribution in [0, 0.1) is 0 Å². The molecular formula is C7H12O2. The summed E-state index contributed by atoms with van der Waals surface area (Å²) < 4.78 is 0. The molecule has 0 radical (unpaired) electrons. The van der Waals surface area contributed by atoms with Gasteiger partial charge in [0.05, 0.1) is 0 Å². The largest absolute Gasteiger partial charge is 0.478 e. The average molecular weight is 128 g/mol. The van der Waals surface area contributed by atoms with Crippen LogP contribution in [0.2, 0.25) is 0 Å². The highest BCUT2D eigenvalue weighted by Crippen LogP contribution is 1.96. The van der Waals surface area contributed by atoms with Gasteiger partial charge in [0.25, 0.3) is 0 Å². The van der Waals surface area contributed by atoms with Crippen molar-refractivity contribution in [2.75, 3.05) is 0 Å². The number of aliphatic carboxylic acids is 1. The Morgan fingerprint density at radius 3 is 2.56 bits per heavy atom. The van der Waals surface area contributed by atoms with E-state index < -0.39 is 5.97 Å². The fraction of sp³-hybridized carbons (Fsp3) is 0.571. The van der Waals surface area contributed by atoms with Gasteiger partial charge in [-0.1, -0.05) is 19.4 Å². The molecule has 0 aromatic rings. The molecule has 0 atom stereocenters.